The van der Waals surface area contributed by atoms with Crippen molar-refractivity contribution in [3.63, 3.8) is 0 Å². The maximum Gasteiger partial charge on any atom is 0.327 e. The van der Waals surface area contributed by atoms with Gasteiger partial charge in [0.15, 0.2) is 0 Å². The van der Waals surface area contributed by atoms with Gasteiger partial charge in [-0.05, 0) is 26.0 Å². The first-order chi connectivity index (χ1) is 15.7. The summed E-state index contributed by atoms with van der Waals surface area (Å²) in [4.78, 5) is 32.0. The largest absolute Gasteiger partial charge is 0.497 e. The van der Waals surface area contributed by atoms with E-state index >= 15 is 0 Å². The van der Waals surface area contributed by atoms with Crippen molar-refractivity contribution in [3.8, 4) is 17.4 Å². The van der Waals surface area contributed by atoms with E-state index in [0.29, 0.717) is 17.5 Å². The molecule has 2 N–H and O–H groups in total. The number of rotatable bonds is 10. The van der Waals surface area contributed by atoms with Gasteiger partial charge in [0, 0.05) is 47.5 Å². The third-order valence-corrected chi connectivity index (χ3v) is 7.27. The van der Waals surface area contributed by atoms with Gasteiger partial charge >= 0.3 is 5.97 Å². The van der Waals surface area contributed by atoms with Crippen LogP contribution in [0.15, 0.2) is 24.4 Å². The molecule has 0 aliphatic rings. The quantitative estimate of drug-likeness (QED) is 0.251. The lowest BCUT2D eigenvalue weighted by atomic mass is 10.1. The molecular formula is C22H26N4O5S2. The first kappa shape index (κ1) is 24.7. The Bertz CT molecular complexity index is 1180. The molecule has 9 nitrogen and oxygen atoms in total. The third kappa shape index (κ3) is 5.72. The Morgan fingerprint density at radius 1 is 1.24 bits per heavy atom. The lowest BCUT2D eigenvalue weighted by Gasteiger charge is -2.19. The van der Waals surface area contributed by atoms with E-state index in [1.807, 2.05) is 42.8 Å². The maximum absolute atomic E-state index is 11.4. The first-order valence-electron chi connectivity index (χ1n) is 10.1. The summed E-state index contributed by atoms with van der Waals surface area (Å²) in [5.41, 5.74) is 4.32. The number of nitrogens with one attached hydrogen (secondary N) is 1. The second-order valence-corrected chi connectivity index (χ2v) is 9.81. The molecule has 2 heterocycles. The van der Waals surface area contributed by atoms with Gasteiger partial charge in [-0.2, -0.15) is 0 Å². The Morgan fingerprint density at radius 2 is 2.00 bits per heavy atom. The number of aromatic nitrogens is 3. The summed E-state index contributed by atoms with van der Waals surface area (Å²) >= 11 is 0. The van der Waals surface area contributed by atoms with Crippen LogP contribution in [0.4, 0.5) is 0 Å². The lowest BCUT2D eigenvalue weighted by Crippen LogP contribution is -2.41. The van der Waals surface area contributed by atoms with Crippen LogP contribution >= 0.6 is 21.6 Å². The number of imidazole rings is 1. The number of methoxy groups -OCH3 is 2. The molecule has 2 aromatic heterocycles. The van der Waals surface area contributed by atoms with E-state index in [9.17, 15) is 14.7 Å². The minimum absolute atomic E-state index is 0.234. The molecule has 3 rings (SSSR count). The summed E-state index contributed by atoms with van der Waals surface area (Å²) in [6.07, 6.45) is 1.94. The fourth-order valence-corrected chi connectivity index (χ4v) is 5.69. The zero-order valence-corrected chi connectivity index (χ0v) is 20.7. The fraction of sp³-hybridized carbons (Fsp3) is 0.364. The predicted octanol–water partition coefficient (Wildman–Crippen LogP) is 2.57. The second-order valence-electron chi connectivity index (χ2n) is 7.30. The van der Waals surface area contributed by atoms with Crippen LogP contribution in [0.25, 0.3) is 17.0 Å². The average molecular weight is 491 g/mol. The van der Waals surface area contributed by atoms with Gasteiger partial charge in [-0.25, -0.2) is 14.8 Å². The van der Waals surface area contributed by atoms with Crippen LogP contribution in [0.3, 0.4) is 0 Å². The van der Waals surface area contributed by atoms with Crippen molar-refractivity contribution in [2.24, 2.45) is 0 Å². The van der Waals surface area contributed by atoms with Crippen molar-refractivity contribution >= 4 is 44.5 Å². The highest BCUT2D eigenvalue weighted by molar-refractivity contribution is 8.76. The number of aryl methyl sites for hydroxylation is 1. The Morgan fingerprint density at radius 3 is 2.64 bits per heavy atom. The van der Waals surface area contributed by atoms with Crippen molar-refractivity contribution < 1.29 is 28.7 Å². The summed E-state index contributed by atoms with van der Waals surface area (Å²) in [6.45, 7) is 5.24. The van der Waals surface area contributed by atoms with Crippen molar-refractivity contribution in [2.75, 3.05) is 20.0 Å². The van der Waals surface area contributed by atoms with Crippen molar-refractivity contribution in [1.29, 1.82) is 0 Å². The molecule has 0 spiro atoms. The van der Waals surface area contributed by atoms with Gasteiger partial charge in [-0.15, -0.1) is 0 Å². The monoisotopic (exact) mass is 490 g/mol. The Kier molecular flexibility index (Phi) is 8.09. The van der Waals surface area contributed by atoms with Gasteiger partial charge in [-0.3, -0.25) is 9.36 Å². The summed E-state index contributed by atoms with van der Waals surface area (Å²) in [5, 5.41) is 11.7. The molecule has 33 heavy (non-hydrogen) atoms. The van der Waals surface area contributed by atoms with Crippen LogP contribution in [-0.2, 0) is 15.3 Å². The molecule has 0 saturated heterocycles. The number of pyridine rings is 1. The van der Waals surface area contributed by atoms with Crippen LogP contribution in [-0.4, -0.2) is 48.0 Å². The van der Waals surface area contributed by atoms with E-state index in [2.05, 4.69) is 10.3 Å². The number of amides is 1. The van der Waals surface area contributed by atoms with Gasteiger partial charge in [-0.1, -0.05) is 21.6 Å². The Labute approximate surface area is 199 Å². The first-order valence-corrected chi connectivity index (χ1v) is 12.6. The number of fused-ring (bicyclic) bond motifs is 1. The number of carbonyl (C=O) groups is 2. The van der Waals surface area contributed by atoms with Crippen LogP contribution in [0.2, 0.25) is 0 Å². The van der Waals surface area contributed by atoms with Crippen molar-refractivity contribution in [1.82, 2.24) is 15.3 Å². The van der Waals surface area contributed by atoms with E-state index in [1.54, 1.807) is 14.2 Å². The molecule has 0 aliphatic heterocycles. The Balaban J connectivity index is 1.89. The highest BCUT2D eigenvalue weighted by atomic mass is 33.1. The number of aliphatic carboxylic acids is 1. The minimum atomic E-state index is -1.06. The normalized spacial score (nSPS) is 11.9. The lowest BCUT2D eigenvalue weighted by molar-refractivity contribution is -0.611. The average Bonchev–Trinajstić information content (AvgIpc) is 3.19. The van der Waals surface area contributed by atoms with E-state index < -0.39 is 12.0 Å². The highest BCUT2D eigenvalue weighted by Gasteiger charge is 2.20. The number of carbonyl (C=O) groups excluding carboxylic acids is 1. The molecule has 1 unspecified atom stereocenters. The molecule has 0 aliphatic carbocycles. The maximum atomic E-state index is 11.4. The van der Waals surface area contributed by atoms with E-state index in [1.165, 1.54) is 28.5 Å². The Hall–Kier alpha value is -2.92. The summed E-state index contributed by atoms with van der Waals surface area (Å²) in [7, 11) is 6.11. The zero-order chi connectivity index (χ0) is 24.1. The number of benzene rings is 1. The third-order valence-electron chi connectivity index (χ3n) is 4.98. The van der Waals surface area contributed by atoms with E-state index in [-0.39, 0.29) is 11.7 Å². The number of hydrogen-bond donors (Lipinski definition) is 2. The molecule has 0 saturated carbocycles. The summed E-state index contributed by atoms with van der Waals surface area (Å²) in [6, 6.07) is 4.61. The molecule has 11 heteroatoms. The molecular weight excluding hydrogens is 464 g/mol. The summed E-state index contributed by atoms with van der Waals surface area (Å²) < 4.78 is 12.8. The molecule has 1 atom stereocenters. The topological polar surface area (TPSA) is 116 Å². The number of carboxylic acids is 1. The van der Waals surface area contributed by atoms with Crippen molar-refractivity contribution in [3.05, 3.63) is 41.2 Å². The fourth-order valence-electron chi connectivity index (χ4n) is 3.40. The molecule has 3 aromatic rings. The van der Waals surface area contributed by atoms with Crippen LogP contribution < -0.4 is 24.3 Å². The summed E-state index contributed by atoms with van der Waals surface area (Å²) in [5.74, 6) is 1.38. The molecule has 0 bridgehead atoms. The van der Waals surface area contributed by atoms with Gasteiger partial charge in [0.2, 0.25) is 11.9 Å². The van der Waals surface area contributed by atoms with Crippen LogP contribution in [0.5, 0.6) is 11.5 Å². The minimum Gasteiger partial charge on any atom is -0.497 e. The van der Waals surface area contributed by atoms with Gasteiger partial charge in [0.25, 0.3) is 0 Å². The molecule has 1 amide bonds. The van der Waals surface area contributed by atoms with Gasteiger partial charge in [0.1, 0.15) is 17.5 Å². The van der Waals surface area contributed by atoms with Crippen molar-refractivity contribution in [2.45, 2.75) is 32.6 Å². The SMILES string of the molecule is COc1ccc2[n-]c(-[n+]3cc(C)c(OC)c(C)c3CSSCC(NC(C)=O)C(=O)O)nc2c1. The number of carboxylic acid groups (broad SMARTS) is 1. The van der Waals surface area contributed by atoms with E-state index in [4.69, 9.17) is 14.5 Å². The predicted molar refractivity (Wildman–Crippen MR) is 128 cm³/mol. The standard InChI is InChI=1S/C22H26N4O5S2/c1-12-9-26(22-24-16-7-6-15(30-4)8-17(16)25-22)19(13(2)20(12)31-5)11-33-32-10-18(21(28)29)23-14(3)27/h6-9,18H,10-11H2,1-5H3,(H2-,23,24,25,27,28,29). The molecule has 0 fully saturated rings. The second kappa shape index (κ2) is 10.8. The molecule has 1 aromatic carbocycles. The zero-order valence-electron chi connectivity index (χ0n) is 19.0. The number of nitrogens with zero attached hydrogens (tertiary/aromatic N) is 3. The van der Waals surface area contributed by atoms with Gasteiger partial charge in [0.05, 0.1) is 25.3 Å². The number of hydrogen-bond acceptors (Lipinski definition) is 7. The van der Waals surface area contributed by atoms with Gasteiger partial charge < -0.3 is 19.9 Å². The van der Waals surface area contributed by atoms with Crippen LogP contribution in [0, 0.1) is 13.8 Å². The smallest absolute Gasteiger partial charge is 0.327 e. The van der Waals surface area contributed by atoms with E-state index in [0.717, 1.165) is 33.6 Å². The number of ether oxygens (including phenoxy) is 2. The molecule has 0 radical (unpaired) electrons. The molecule has 176 valence electrons. The van der Waals surface area contributed by atoms with Crippen LogP contribution in [0.1, 0.15) is 23.7 Å². The highest BCUT2D eigenvalue weighted by Crippen LogP contribution is 2.31.